The molecule has 0 spiro atoms. The van der Waals surface area contributed by atoms with E-state index in [0.29, 0.717) is 29.9 Å². The lowest BCUT2D eigenvalue weighted by atomic mass is 10.2. The fourth-order valence-electron chi connectivity index (χ4n) is 1.86. The Morgan fingerprint density at radius 3 is 2.71 bits per heavy atom. The van der Waals surface area contributed by atoms with Crippen LogP contribution in [0.5, 0.6) is 0 Å². The lowest BCUT2D eigenvalue weighted by molar-refractivity contribution is 0.0676. The fourth-order valence-corrected chi connectivity index (χ4v) is 2.28. The first kappa shape index (κ1) is 15.6. The van der Waals surface area contributed by atoms with E-state index in [4.69, 9.17) is 4.74 Å². The molecule has 2 rings (SSSR count). The van der Waals surface area contributed by atoms with Crippen LogP contribution >= 0.6 is 15.9 Å². The minimum atomic E-state index is -0.0994. The van der Waals surface area contributed by atoms with Crippen molar-refractivity contribution >= 4 is 21.8 Å². The van der Waals surface area contributed by atoms with Crippen molar-refractivity contribution in [2.24, 2.45) is 0 Å². The molecule has 21 heavy (non-hydrogen) atoms. The average Bonchev–Trinajstić information content (AvgIpc) is 2.52. The van der Waals surface area contributed by atoms with Crippen molar-refractivity contribution in [1.29, 1.82) is 0 Å². The second-order valence-corrected chi connectivity index (χ2v) is 5.13. The van der Waals surface area contributed by atoms with Gasteiger partial charge in [-0.3, -0.25) is 9.78 Å². The van der Waals surface area contributed by atoms with Crippen LogP contribution in [0.2, 0.25) is 0 Å². The summed E-state index contributed by atoms with van der Waals surface area (Å²) in [5.74, 6) is -0.0994. The molecule has 2 aromatic heterocycles. The molecule has 0 N–H and O–H groups in total. The van der Waals surface area contributed by atoms with Crippen molar-refractivity contribution in [2.75, 3.05) is 20.3 Å². The van der Waals surface area contributed by atoms with Gasteiger partial charge >= 0.3 is 0 Å². The van der Waals surface area contributed by atoms with E-state index in [9.17, 15) is 4.79 Å². The standard InChI is InChI=1S/C15H16BrN3O2/c1-21-10-9-19(11-12-5-2-3-7-17-12)15(20)13-6-4-8-18-14(13)16/h2-8H,9-11H2,1H3. The first-order chi connectivity index (χ1) is 10.2. The van der Waals surface area contributed by atoms with E-state index in [0.717, 1.165) is 5.69 Å². The smallest absolute Gasteiger partial charge is 0.257 e. The number of carbonyl (C=O) groups excluding carboxylic acids is 1. The van der Waals surface area contributed by atoms with Crippen LogP contribution < -0.4 is 0 Å². The molecule has 0 bridgehead atoms. The van der Waals surface area contributed by atoms with Crippen LogP contribution in [0, 0.1) is 0 Å². The van der Waals surface area contributed by atoms with Gasteiger partial charge in [0.25, 0.3) is 5.91 Å². The molecule has 0 fully saturated rings. The van der Waals surface area contributed by atoms with E-state index in [1.54, 1.807) is 36.5 Å². The number of hydrogen-bond donors (Lipinski definition) is 0. The molecule has 6 heteroatoms. The van der Waals surface area contributed by atoms with E-state index in [2.05, 4.69) is 25.9 Å². The highest BCUT2D eigenvalue weighted by Gasteiger charge is 2.19. The second kappa shape index (κ2) is 7.85. The third-order valence-corrected chi connectivity index (χ3v) is 3.55. The Balaban J connectivity index is 2.19. The zero-order valence-electron chi connectivity index (χ0n) is 11.7. The summed E-state index contributed by atoms with van der Waals surface area (Å²) < 4.78 is 5.62. The number of ether oxygens (including phenoxy) is 1. The van der Waals surface area contributed by atoms with Crippen LogP contribution in [0.4, 0.5) is 0 Å². The normalized spacial score (nSPS) is 10.4. The Labute approximate surface area is 132 Å². The molecule has 0 saturated heterocycles. The quantitative estimate of drug-likeness (QED) is 0.752. The molecule has 0 atom stereocenters. The zero-order valence-corrected chi connectivity index (χ0v) is 13.3. The Hall–Kier alpha value is -1.79. The first-order valence-corrected chi connectivity index (χ1v) is 7.30. The minimum absolute atomic E-state index is 0.0994. The van der Waals surface area contributed by atoms with E-state index < -0.39 is 0 Å². The van der Waals surface area contributed by atoms with Crippen molar-refractivity contribution in [1.82, 2.24) is 14.9 Å². The van der Waals surface area contributed by atoms with E-state index in [1.807, 2.05) is 18.2 Å². The van der Waals surface area contributed by atoms with Gasteiger partial charge in [0.1, 0.15) is 4.60 Å². The number of methoxy groups -OCH3 is 1. The molecule has 2 aromatic rings. The van der Waals surface area contributed by atoms with Crippen LogP contribution in [-0.4, -0.2) is 41.0 Å². The Morgan fingerprint density at radius 1 is 1.24 bits per heavy atom. The number of pyridine rings is 2. The van der Waals surface area contributed by atoms with Gasteiger partial charge in [-0.1, -0.05) is 6.07 Å². The molecule has 2 heterocycles. The van der Waals surface area contributed by atoms with Gasteiger partial charge in [0.15, 0.2) is 0 Å². The highest BCUT2D eigenvalue weighted by Crippen LogP contribution is 2.16. The van der Waals surface area contributed by atoms with Gasteiger partial charge in [0.2, 0.25) is 0 Å². The van der Waals surface area contributed by atoms with Crippen LogP contribution in [0.15, 0.2) is 47.3 Å². The molecule has 5 nitrogen and oxygen atoms in total. The summed E-state index contributed by atoms with van der Waals surface area (Å²) in [6, 6.07) is 9.14. The largest absolute Gasteiger partial charge is 0.383 e. The molecular weight excluding hydrogens is 334 g/mol. The summed E-state index contributed by atoms with van der Waals surface area (Å²) in [4.78, 5) is 22.7. The predicted octanol–water partition coefficient (Wildman–Crippen LogP) is 2.53. The third-order valence-electron chi connectivity index (χ3n) is 2.92. The maximum Gasteiger partial charge on any atom is 0.257 e. The molecule has 0 radical (unpaired) electrons. The monoisotopic (exact) mass is 349 g/mol. The molecule has 0 unspecified atom stereocenters. The van der Waals surface area contributed by atoms with Crippen molar-refractivity contribution < 1.29 is 9.53 Å². The number of amides is 1. The highest BCUT2D eigenvalue weighted by molar-refractivity contribution is 9.10. The van der Waals surface area contributed by atoms with Gasteiger partial charge in [-0.05, 0) is 40.2 Å². The SMILES string of the molecule is COCCN(Cc1ccccn1)C(=O)c1cccnc1Br. The number of rotatable bonds is 6. The van der Waals surface area contributed by atoms with Crippen molar-refractivity contribution in [3.63, 3.8) is 0 Å². The predicted molar refractivity (Wildman–Crippen MR) is 82.8 cm³/mol. The van der Waals surface area contributed by atoms with Gasteiger partial charge in [0.05, 0.1) is 24.4 Å². The van der Waals surface area contributed by atoms with Crippen molar-refractivity contribution in [3.8, 4) is 0 Å². The molecule has 0 aliphatic heterocycles. The molecule has 0 aliphatic rings. The molecule has 110 valence electrons. The van der Waals surface area contributed by atoms with Gasteiger partial charge < -0.3 is 9.64 Å². The molecule has 1 amide bonds. The molecule has 0 saturated carbocycles. The number of nitrogens with zero attached hydrogens (tertiary/aromatic N) is 3. The lowest BCUT2D eigenvalue weighted by Crippen LogP contribution is -2.34. The van der Waals surface area contributed by atoms with Crippen LogP contribution in [0.3, 0.4) is 0 Å². The fraction of sp³-hybridized carbons (Fsp3) is 0.267. The van der Waals surface area contributed by atoms with Crippen LogP contribution in [-0.2, 0) is 11.3 Å². The summed E-state index contributed by atoms with van der Waals surface area (Å²) in [6.07, 6.45) is 3.35. The maximum absolute atomic E-state index is 12.6. The maximum atomic E-state index is 12.6. The Bertz CT molecular complexity index is 592. The summed E-state index contributed by atoms with van der Waals surface area (Å²) in [7, 11) is 1.61. The first-order valence-electron chi connectivity index (χ1n) is 6.51. The highest BCUT2D eigenvalue weighted by atomic mass is 79.9. The zero-order chi connectivity index (χ0) is 15.1. The van der Waals surface area contributed by atoms with Crippen molar-refractivity contribution in [2.45, 2.75) is 6.54 Å². The van der Waals surface area contributed by atoms with Gasteiger partial charge in [0, 0.05) is 26.0 Å². The lowest BCUT2D eigenvalue weighted by Gasteiger charge is -2.22. The summed E-state index contributed by atoms with van der Waals surface area (Å²) >= 11 is 3.31. The summed E-state index contributed by atoms with van der Waals surface area (Å²) in [5.41, 5.74) is 1.37. The number of halogens is 1. The Morgan fingerprint density at radius 2 is 2.05 bits per heavy atom. The van der Waals surface area contributed by atoms with Gasteiger partial charge in [-0.15, -0.1) is 0 Å². The molecule has 0 aromatic carbocycles. The minimum Gasteiger partial charge on any atom is -0.383 e. The summed E-state index contributed by atoms with van der Waals surface area (Å²) in [6.45, 7) is 1.40. The van der Waals surface area contributed by atoms with E-state index in [-0.39, 0.29) is 5.91 Å². The van der Waals surface area contributed by atoms with Gasteiger partial charge in [-0.2, -0.15) is 0 Å². The number of carbonyl (C=O) groups is 1. The third kappa shape index (κ3) is 4.34. The number of hydrogen-bond acceptors (Lipinski definition) is 4. The summed E-state index contributed by atoms with van der Waals surface area (Å²) in [5, 5.41) is 0. The average molecular weight is 350 g/mol. The van der Waals surface area contributed by atoms with Gasteiger partial charge in [-0.25, -0.2) is 4.98 Å². The Kier molecular flexibility index (Phi) is 5.83. The van der Waals surface area contributed by atoms with E-state index >= 15 is 0 Å². The van der Waals surface area contributed by atoms with E-state index in [1.165, 1.54) is 0 Å². The second-order valence-electron chi connectivity index (χ2n) is 4.38. The van der Waals surface area contributed by atoms with Crippen molar-refractivity contribution in [3.05, 3.63) is 58.6 Å². The topological polar surface area (TPSA) is 55.3 Å². The number of aromatic nitrogens is 2. The van der Waals surface area contributed by atoms with Crippen LogP contribution in [0.25, 0.3) is 0 Å². The molecular formula is C15H16BrN3O2. The van der Waals surface area contributed by atoms with Crippen LogP contribution in [0.1, 0.15) is 16.1 Å². The molecule has 0 aliphatic carbocycles.